The average molecular weight is 668 g/mol. The van der Waals surface area contributed by atoms with Gasteiger partial charge in [0.05, 0.1) is 12.8 Å². The van der Waals surface area contributed by atoms with Crippen molar-refractivity contribution in [3.05, 3.63) is 12.2 Å². The molecular weight excluding hydrogens is 594 g/mol. The van der Waals surface area contributed by atoms with E-state index in [1.165, 1.54) is 76.3 Å². The lowest BCUT2D eigenvalue weighted by Gasteiger charge is -2.73. The minimum atomic E-state index is -0.864. The minimum absolute atomic E-state index is 0.0255. The van der Waals surface area contributed by atoms with Crippen molar-refractivity contribution >= 4 is 11.9 Å². The van der Waals surface area contributed by atoms with Crippen LogP contribution in [0.3, 0.4) is 0 Å². The molecule has 0 heterocycles. The summed E-state index contributed by atoms with van der Waals surface area (Å²) in [5.74, 6) is 2.35. The van der Waals surface area contributed by atoms with Crippen molar-refractivity contribution in [1.29, 1.82) is 0 Å². The fourth-order valence-electron chi connectivity index (χ4n) is 14.2. The molecule has 5 saturated carbocycles. The van der Waals surface area contributed by atoms with Gasteiger partial charge in [-0.1, -0.05) is 74.5 Å². The van der Waals surface area contributed by atoms with E-state index in [-0.39, 0.29) is 35.7 Å². The van der Waals surface area contributed by atoms with Crippen LogP contribution in [-0.4, -0.2) is 47.7 Å². The number of hydrogen-bond acceptors (Lipinski definition) is 4. The van der Waals surface area contributed by atoms with Gasteiger partial charge in [0.15, 0.2) is 0 Å². The third-order valence-corrected chi connectivity index (χ3v) is 16.7. The number of aliphatic carboxylic acids is 1. The molecule has 0 aromatic rings. The third-order valence-electron chi connectivity index (χ3n) is 16.7. The van der Waals surface area contributed by atoms with Crippen LogP contribution in [0.1, 0.15) is 159 Å². The lowest BCUT2D eigenvalue weighted by atomic mass is 9.32. The molecule has 0 aliphatic heterocycles. The molecule has 5 fully saturated rings. The molecule has 1 N–H and O–H groups in total. The highest BCUT2D eigenvalue weighted by atomic mass is 16.5. The van der Waals surface area contributed by atoms with E-state index in [2.05, 4.69) is 66.9 Å². The van der Waals surface area contributed by atoms with Gasteiger partial charge in [-0.2, -0.15) is 0 Å². The number of ether oxygens (including phenoxy) is 1. The van der Waals surface area contributed by atoms with E-state index in [0.29, 0.717) is 34.0 Å². The molecule has 0 amide bonds. The van der Waals surface area contributed by atoms with Gasteiger partial charge in [-0.25, -0.2) is 0 Å². The number of rotatable bonds is 12. The molecule has 0 spiro atoms. The van der Waals surface area contributed by atoms with Gasteiger partial charge < -0.3 is 14.7 Å². The molecule has 5 nitrogen and oxygen atoms in total. The maximum Gasteiger partial charge on any atom is 0.306 e. The zero-order valence-corrected chi connectivity index (χ0v) is 32.8. The van der Waals surface area contributed by atoms with Crippen LogP contribution in [0.25, 0.3) is 0 Å². The molecule has 5 aliphatic rings. The zero-order chi connectivity index (χ0) is 35.5. The van der Waals surface area contributed by atoms with Crippen molar-refractivity contribution in [2.24, 2.45) is 62.1 Å². The van der Waals surface area contributed by atoms with Gasteiger partial charge in [0.1, 0.15) is 6.10 Å². The maximum absolute atomic E-state index is 13.2. The molecule has 5 heteroatoms. The number of carboxylic acid groups (broad SMARTS) is 1. The molecular formula is C43H73NO4. The first-order chi connectivity index (χ1) is 22.3. The fourth-order valence-corrected chi connectivity index (χ4v) is 14.2. The van der Waals surface area contributed by atoms with Crippen molar-refractivity contribution < 1.29 is 19.4 Å². The topological polar surface area (TPSA) is 66.8 Å². The van der Waals surface area contributed by atoms with Gasteiger partial charge in [0.25, 0.3) is 0 Å². The number of carbonyl (C=O) groups is 2. The zero-order valence-electron chi connectivity index (χ0n) is 32.8. The van der Waals surface area contributed by atoms with Crippen LogP contribution in [0.2, 0.25) is 0 Å². The molecule has 274 valence electrons. The number of esters is 1. The Morgan fingerprint density at radius 3 is 2.17 bits per heavy atom. The molecule has 0 aromatic heterocycles. The van der Waals surface area contributed by atoms with Crippen molar-refractivity contribution in [2.45, 2.75) is 165 Å². The highest BCUT2D eigenvalue weighted by Crippen LogP contribution is 2.78. The van der Waals surface area contributed by atoms with E-state index in [9.17, 15) is 14.7 Å². The first-order valence-electron chi connectivity index (χ1n) is 20.1. The largest absolute Gasteiger partial charge is 0.481 e. The summed E-state index contributed by atoms with van der Waals surface area (Å²) in [7, 11) is 0. The van der Waals surface area contributed by atoms with Gasteiger partial charge in [-0.15, -0.1) is 0 Å². The normalized spacial score (nSPS) is 41.9. The van der Waals surface area contributed by atoms with Gasteiger partial charge >= 0.3 is 11.9 Å². The average Bonchev–Trinajstić information content (AvgIpc) is 3.36. The molecule has 48 heavy (non-hydrogen) atoms. The smallest absolute Gasteiger partial charge is 0.306 e. The Labute approximate surface area is 294 Å². The summed E-state index contributed by atoms with van der Waals surface area (Å²) in [5, 5.41) is 9.34. The standard InChI is InChI=1S/C43H73NO4/c1-12-44(13-2)26-14-20-43-23-17-30(29(3)4)37(43)31-15-16-33-40(9)21-19-34(48-36(47)28-38(5,6)27-35(45)46)39(7,8)32(40)18-22-42(33,11)41(31,10)24-25-43/h30-34,37H,3,12-28H2,1-2,4-11H3,(H,45,46)/t30-,31+,32-,33+,34-,37+,40-,41+,42+,43+/m0/s1. The molecule has 10 atom stereocenters. The summed E-state index contributed by atoms with van der Waals surface area (Å²) in [4.78, 5) is 27.2. The highest BCUT2D eigenvalue weighted by molar-refractivity contribution is 5.73. The molecule has 5 rings (SSSR count). The summed E-state index contributed by atoms with van der Waals surface area (Å²) in [5.41, 5.74) is 2.12. The number of carboxylic acids is 1. The van der Waals surface area contributed by atoms with Gasteiger partial charge in [0, 0.05) is 5.41 Å². The van der Waals surface area contributed by atoms with Gasteiger partial charge in [0.2, 0.25) is 0 Å². The van der Waals surface area contributed by atoms with E-state index in [1.807, 2.05) is 13.8 Å². The summed E-state index contributed by atoms with van der Waals surface area (Å²) in [6.07, 6.45) is 15.5. The Kier molecular flexibility index (Phi) is 10.5. The van der Waals surface area contributed by atoms with Crippen LogP contribution >= 0.6 is 0 Å². The molecule has 5 aliphatic carbocycles. The molecule has 0 radical (unpaired) electrons. The fraction of sp³-hybridized carbons (Fsp3) is 0.907. The van der Waals surface area contributed by atoms with Crippen LogP contribution in [0.5, 0.6) is 0 Å². The van der Waals surface area contributed by atoms with Crippen molar-refractivity contribution in [3.63, 3.8) is 0 Å². The number of carbonyl (C=O) groups excluding carboxylic acids is 1. The Morgan fingerprint density at radius 2 is 1.54 bits per heavy atom. The lowest BCUT2D eigenvalue weighted by Crippen LogP contribution is -2.66. The summed E-state index contributed by atoms with van der Waals surface area (Å²) >= 11 is 0. The van der Waals surface area contributed by atoms with Crippen LogP contribution < -0.4 is 0 Å². The second-order valence-corrected chi connectivity index (χ2v) is 19.9. The molecule has 0 unspecified atom stereocenters. The quantitative estimate of drug-likeness (QED) is 0.166. The van der Waals surface area contributed by atoms with Gasteiger partial charge in [-0.05, 0) is 160 Å². The van der Waals surface area contributed by atoms with Crippen molar-refractivity contribution in [1.82, 2.24) is 4.90 Å². The maximum atomic E-state index is 13.2. The number of allylic oxidation sites excluding steroid dienone is 1. The van der Waals surface area contributed by atoms with E-state index in [0.717, 1.165) is 37.8 Å². The number of fused-ring (bicyclic) bond motifs is 7. The summed E-state index contributed by atoms with van der Waals surface area (Å²) in [6.45, 7) is 31.7. The SMILES string of the molecule is C=C(C)[C@@H]1CC[C@]2(CCCN(CC)CC)CC[C@]3(C)[C@H](CC[C@@H]4[C@@]5(C)CC[C@H](OC(=O)CC(C)(C)CC(=O)O)C(C)(C)[C@@H]5CC[C@]43C)[C@@H]12. The number of hydrogen-bond donors (Lipinski definition) is 1. The van der Waals surface area contributed by atoms with Crippen molar-refractivity contribution in [3.8, 4) is 0 Å². The second kappa shape index (κ2) is 13.3. The number of nitrogens with zero attached hydrogens (tertiary/aromatic N) is 1. The van der Waals surface area contributed by atoms with E-state index in [4.69, 9.17) is 4.74 Å². The highest BCUT2D eigenvalue weighted by Gasteiger charge is 2.71. The Morgan fingerprint density at radius 1 is 0.854 bits per heavy atom. The molecule has 0 bridgehead atoms. The van der Waals surface area contributed by atoms with Crippen LogP contribution in [-0.2, 0) is 14.3 Å². The third kappa shape index (κ3) is 6.25. The second-order valence-electron chi connectivity index (χ2n) is 19.9. The Hall–Kier alpha value is -1.36. The lowest BCUT2D eigenvalue weighted by molar-refractivity contribution is -0.250. The first kappa shape index (κ1) is 37.9. The van der Waals surface area contributed by atoms with Crippen molar-refractivity contribution in [2.75, 3.05) is 19.6 Å². The summed E-state index contributed by atoms with van der Waals surface area (Å²) in [6, 6.07) is 0. The van der Waals surface area contributed by atoms with Gasteiger partial charge in [-0.3, -0.25) is 9.59 Å². The van der Waals surface area contributed by atoms with E-state index >= 15 is 0 Å². The monoisotopic (exact) mass is 668 g/mol. The predicted molar refractivity (Wildman–Crippen MR) is 197 cm³/mol. The van der Waals surface area contributed by atoms with Crippen LogP contribution in [0.4, 0.5) is 0 Å². The van der Waals surface area contributed by atoms with Crippen LogP contribution in [0, 0.1) is 62.1 Å². The molecule has 0 saturated heterocycles. The molecule has 0 aromatic carbocycles. The minimum Gasteiger partial charge on any atom is -0.481 e. The summed E-state index contributed by atoms with van der Waals surface area (Å²) < 4.78 is 6.30. The first-order valence-corrected chi connectivity index (χ1v) is 20.1. The Bertz CT molecular complexity index is 1220. The predicted octanol–water partition coefficient (Wildman–Crippen LogP) is 10.6. The van der Waals surface area contributed by atoms with E-state index < -0.39 is 11.4 Å². The van der Waals surface area contributed by atoms with Crippen LogP contribution in [0.15, 0.2) is 12.2 Å². The Balaban J connectivity index is 1.37. The van der Waals surface area contributed by atoms with E-state index in [1.54, 1.807) is 0 Å².